The van der Waals surface area contributed by atoms with Crippen molar-refractivity contribution in [2.24, 2.45) is 0 Å². The van der Waals surface area contributed by atoms with E-state index in [9.17, 15) is 19.6 Å². The highest BCUT2D eigenvalue weighted by Crippen LogP contribution is 2.52. The molecule has 0 unspecified atom stereocenters. The van der Waals surface area contributed by atoms with E-state index in [1.807, 2.05) is 84.9 Å². The van der Waals surface area contributed by atoms with Crippen LogP contribution >= 0.6 is 15.9 Å². The van der Waals surface area contributed by atoms with E-state index in [1.54, 1.807) is 26.2 Å². The number of anilines is 2. The summed E-state index contributed by atoms with van der Waals surface area (Å²) in [6.45, 7) is 0.418. The molecular weight excluding hydrogens is 826 g/mol. The molecule has 0 spiro atoms. The molecule has 5 aromatic rings. The van der Waals surface area contributed by atoms with Crippen LogP contribution in [0.25, 0.3) is 11.1 Å². The van der Waals surface area contributed by atoms with Crippen molar-refractivity contribution < 1.29 is 33.3 Å². The lowest BCUT2D eigenvalue weighted by Gasteiger charge is -2.18. The van der Waals surface area contributed by atoms with Gasteiger partial charge in [-0.2, -0.15) is 10.5 Å². The fraction of sp³-hybridized carbons (Fsp3) is 0.255. The van der Waals surface area contributed by atoms with E-state index in [4.69, 9.17) is 24.2 Å². The summed E-state index contributed by atoms with van der Waals surface area (Å²) in [5.41, 5.74) is 6.23. The average molecular weight is 867 g/mol. The van der Waals surface area contributed by atoms with Crippen LogP contribution in [0.1, 0.15) is 58.3 Å². The van der Waals surface area contributed by atoms with Gasteiger partial charge in [0.15, 0.2) is 23.0 Å². The molecule has 2 fully saturated rings. The van der Waals surface area contributed by atoms with Gasteiger partial charge in [-0.3, -0.25) is 14.4 Å². The number of rotatable bonds is 10. The topological polar surface area (TPSA) is 163 Å². The molecule has 3 amide bonds. The number of carbonyl (C=O) groups is 3. The quantitative estimate of drug-likeness (QED) is 0.140. The maximum absolute atomic E-state index is 13.4. The van der Waals surface area contributed by atoms with E-state index in [-0.39, 0.29) is 37.7 Å². The van der Waals surface area contributed by atoms with Crippen molar-refractivity contribution in [1.29, 1.82) is 10.5 Å². The SMILES string of the molecule is CN(C)C(=O)c1ccc(-c2cc(NC(=O)C3(c4ccc5c(c4)OCO5)CC3)ccc2CC#N)cc1.N#CCc1ccc(NC(=O)C2(c3ccc4c(c3)OCO4)CC2)cc1Br. The summed E-state index contributed by atoms with van der Waals surface area (Å²) < 4.78 is 22.5. The summed E-state index contributed by atoms with van der Waals surface area (Å²) in [6, 6.07) is 34.1. The van der Waals surface area contributed by atoms with Crippen molar-refractivity contribution in [3.05, 3.63) is 129 Å². The molecule has 0 bridgehead atoms. The molecule has 2 N–H and O–H groups in total. The lowest BCUT2D eigenvalue weighted by molar-refractivity contribution is -0.119. The summed E-state index contributed by atoms with van der Waals surface area (Å²) in [7, 11) is 3.42. The zero-order valence-corrected chi connectivity index (χ0v) is 34.6. The third kappa shape index (κ3) is 7.96. The second kappa shape index (κ2) is 16.4. The number of hydrogen-bond donors (Lipinski definition) is 2. The van der Waals surface area contributed by atoms with E-state index in [2.05, 4.69) is 38.7 Å². The number of hydrogen-bond acceptors (Lipinski definition) is 9. The number of nitriles is 2. The summed E-state index contributed by atoms with van der Waals surface area (Å²) in [6.07, 6.45) is 3.72. The van der Waals surface area contributed by atoms with Crippen molar-refractivity contribution >= 4 is 45.0 Å². The molecule has 2 heterocycles. The van der Waals surface area contributed by atoms with Crippen LogP contribution in [0.5, 0.6) is 23.0 Å². The van der Waals surface area contributed by atoms with Crippen molar-refractivity contribution in [3.63, 3.8) is 0 Å². The highest BCUT2D eigenvalue weighted by atomic mass is 79.9. The first-order chi connectivity index (χ1) is 29.0. The Morgan fingerprint density at radius 3 is 1.60 bits per heavy atom. The first-order valence-corrected chi connectivity index (χ1v) is 20.2. The summed E-state index contributed by atoms with van der Waals surface area (Å²) in [5, 5.41) is 24.2. The Morgan fingerprint density at radius 1 is 0.633 bits per heavy atom. The largest absolute Gasteiger partial charge is 0.454 e. The van der Waals surface area contributed by atoms with Gasteiger partial charge >= 0.3 is 0 Å². The minimum Gasteiger partial charge on any atom is -0.454 e. The normalized spacial score (nSPS) is 15.3. The Hall–Kier alpha value is -6.83. The Kier molecular flexibility index (Phi) is 10.9. The maximum Gasteiger partial charge on any atom is 0.253 e. The van der Waals surface area contributed by atoms with E-state index >= 15 is 0 Å². The van der Waals surface area contributed by atoms with Gasteiger partial charge in [0.1, 0.15) is 0 Å². The molecule has 302 valence electrons. The van der Waals surface area contributed by atoms with E-state index in [0.29, 0.717) is 40.6 Å². The molecule has 2 aliphatic carbocycles. The van der Waals surface area contributed by atoms with Crippen LogP contribution in [0, 0.1) is 22.7 Å². The van der Waals surface area contributed by atoms with Gasteiger partial charge in [-0.05, 0) is 120 Å². The number of halogens is 1. The minimum absolute atomic E-state index is 0.0219. The van der Waals surface area contributed by atoms with Gasteiger partial charge in [-0.15, -0.1) is 0 Å². The van der Waals surface area contributed by atoms with Crippen molar-refractivity contribution in [2.45, 2.75) is 49.4 Å². The predicted molar refractivity (Wildman–Crippen MR) is 227 cm³/mol. The van der Waals surface area contributed by atoms with Crippen LogP contribution in [0.2, 0.25) is 0 Å². The van der Waals surface area contributed by atoms with Crippen LogP contribution in [-0.2, 0) is 33.3 Å². The molecule has 4 aliphatic rings. The smallest absolute Gasteiger partial charge is 0.253 e. The molecular formula is C47H40BrN5O7. The molecule has 12 nitrogen and oxygen atoms in total. The van der Waals surface area contributed by atoms with Gasteiger partial charge in [0.05, 0.1) is 35.8 Å². The summed E-state index contributed by atoms with van der Waals surface area (Å²) in [5.74, 6) is 2.61. The maximum atomic E-state index is 13.4. The Morgan fingerprint density at radius 2 is 1.12 bits per heavy atom. The number of fused-ring (bicyclic) bond motifs is 2. The summed E-state index contributed by atoms with van der Waals surface area (Å²) >= 11 is 3.45. The molecule has 5 aromatic carbocycles. The van der Waals surface area contributed by atoms with Crippen molar-refractivity contribution in [2.75, 3.05) is 38.3 Å². The second-order valence-electron chi connectivity index (χ2n) is 15.3. The molecule has 60 heavy (non-hydrogen) atoms. The molecule has 13 heteroatoms. The monoisotopic (exact) mass is 865 g/mol. The van der Waals surface area contributed by atoms with Gasteiger partial charge in [-0.1, -0.05) is 52.3 Å². The van der Waals surface area contributed by atoms with E-state index < -0.39 is 10.8 Å². The highest BCUT2D eigenvalue weighted by Gasteiger charge is 2.52. The standard InChI is InChI=1S/C28H25N3O4.C19H15BrN2O3/c1-31(2)26(32)20-5-3-18(4-6-20)23-16-22(9-7-19(23)11-14-29)30-27(33)28(12-13-28)21-8-10-24-25(15-21)35-17-34-24;20-15-10-14(3-1-12(15)5-8-21)22-18(23)19(6-7-19)13-2-4-16-17(9-13)25-11-24-16/h3-10,15-16H,11-13,17H2,1-2H3,(H,30,33);1-4,9-10H,5-7,11H2,(H,22,23). The number of nitrogens with zero attached hydrogens (tertiary/aromatic N) is 3. The van der Waals surface area contributed by atoms with Crippen LogP contribution in [0.4, 0.5) is 11.4 Å². The number of ether oxygens (including phenoxy) is 4. The zero-order chi connectivity index (χ0) is 42.0. The Balaban J connectivity index is 0.000000176. The van der Waals surface area contributed by atoms with Crippen molar-refractivity contribution in [1.82, 2.24) is 4.90 Å². The number of carbonyl (C=O) groups excluding carboxylic acids is 3. The molecule has 2 saturated carbocycles. The fourth-order valence-corrected chi connectivity index (χ4v) is 8.02. The lowest BCUT2D eigenvalue weighted by atomic mass is 9.93. The molecule has 0 atom stereocenters. The van der Waals surface area contributed by atoms with Crippen molar-refractivity contribution in [3.8, 4) is 46.3 Å². The van der Waals surface area contributed by atoms with Gasteiger partial charge in [0.2, 0.25) is 25.4 Å². The molecule has 0 aromatic heterocycles. The first kappa shape index (κ1) is 40.0. The third-order valence-corrected chi connectivity index (χ3v) is 12.0. The first-order valence-electron chi connectivity index (χ1n) is 19.4. The molecule has 9 rings (SSSR count). The van der Waals surface area contributed by atoms with E-state index in [0.717, 1.165) is 69.3 Å². The molecule has 0 radical (unpaired) electrons. The fourth-order valence-electron chi connectivity index (χ4n) is 7.50. The third-order valence-electron chi connectivity index (χ3n) is 11.3. The number of amides is 3. The lowest BCUT2D eigenvalue weighted by Crippen LogP contribution is -2.27. The zero-order valence-electron chi connectivity index (χ0n) is 33.0. The second-order valence-corrected chi connectivity index (χ2v) is 16.2. The van der Waals surface area contributed by atoms with Gasteiger partial charge in [0, 0.05) is 35.5 Å². The molecule has 0 saturated heterocycles. The Labute approximate surface area is 355 Å². The van der Waals surface area contributed by atoms with Gasteiger partial charge in [-0.25, -0.2) is 0 Å². The van der Waals surface area contributed by atoms with Gasteiger partial charge in [0.25, 0.3) is 5.91 Å². The van der Waals surface area contributed by atoms with Crippen LogP contribution in [-0.4, -0.2) is 50.3 Å². The van der Waals surface area contributed by atoms with Crippen LogP contribution in [0.15, 0.2) is 102 Å². The summed E-state index contributed by atoms with van der Waals surface area (Å²) in [4.78, 5) is 40.0. The van der Waals surface area contributed by atoms with E-state index in [1.165, 1.54) is 4.90 Å². The van der Waals surface area contributed by atoms with Crippen LogP contribution in [0.3, 0.4) is 0 Å². The molecule has 2 aliphatic heterocycles. The number of nitrogens with one attached hydrogen (secondary N) is 2. The highest BCUT2D eigenvalue weighted by molar-refractivity contribution is 9.10. The average Bonchev–Trinajstić information content (AvgIpc) is 4.15. The van der Waals surface area contributed by atoms with Gasteiger partial charge < -0.3 is 34.5 Å². The predicted octanol–water partition coefficient (Wildman–Crippen LogP) is 8.43. The Bertz CT molecular complexity index is 2600. The van der Waals surface area contributed by atoms with Crippen LogP contribution < -0.4 is 29.6 Å². The number of benzene rings is 5. The minimum atomic E-state index is -0.583.